The van der Waals surface area contributed by atoms with Gasteiger partial charge in [-0.2, -0.15) is 5.10 Å². The molecule has 2 heterocycles. The van der Waals surface area contributed by atoms with Crippen LogP contribution in [0.5, 0.6) is 0 Å². The lowest BCUT2D eigenvalue weighted by Gasteiger charge is -2.17. The molecule has 1 aromatic heterocycles. The lowest BCUT2D eigenvalue weighted by molar-refractivity contribution is -0.122. The first-order chi connectivity index (χ1) is 13.5. The number of carbonyl (C=O) groups excluding carboxylic acids is 2. The molecule has 2 aromatic carbocycles. The van der Waals surface area contributed by atoms with Gasteiger partial charge in [-0.3, -0.25) is 9.59 Å². The number of carbonyl (C=O) groups is 2. The van der Waals surface area contributed by atoms with E-state index in [0.29, 0.717) is 16.4 Å². The zero-order chi connectivity index (χ0) is 19.7. The van der Waals surface area contributed by atoms with Crippen LogP contribution in [0.1, 0.15) is 6.42 Å². The fourth-order valence-electron chi connectivity index (χ4n) is 3.12. The molecule has 1 saturated heterocycles. The molecule has 0 radical (unpaired) electrons. The highest BCUT2D eigenvalue weighted by atomic mass is 35.5. The first-order valence-corrected chi connectivity index (χ1v) is 8.90. The van der Waals surface area contributed by atoms with E-state index in [0.717, 1.165) is 0 Å². The molecule has 0 bridgehead atoms. The summed E-state index contributed by atoms with van der Waals surface area (Å²) >= 11 is 5.98. The first kappa shape index (κ1) is 18.1. The van der Waals surface area contributed by atoms with Crippen LogP contribution < -0.4 is 10.2 Å². The Labute approximate surface area is 164 Å². The molecule has 7 nitrogen and oxygen atoms in total. The third kappa shape index (κ3) is 3.59. The smallest absolute Gasteiger partial charge is 0.229 e. The molecule has 2 amide bonds. The van der Waals surface area contributed by atoms with Gasteiger partial charge >= 0.3 is 0 Å². The molecule has 1 unspecified atom stereocenters. The fraction of sp³-hybridized carbons (Fsp3) is 0.158. The molecule has 9 heteroatoms. The third-order valence-corrected chi connectivity index (χ3v) is 4.73. The number of hydrogen-bond donors (Lipinski definition) is 1. The quantitative estimate of drug-likeness (QED) is 0.731. The van der Waals surface area contributed by atoms with E-state index in [1.54, 1.807) is 30.3 Å². The van der Waals surface area contributed by atoms with Gasteiger partial charge in [0.1, 0.15) is 18.3 Å². The Balaban J connectivity index is 1.46. The molecule has 1 aliphatic rings. The van der Waals surface area contributed by atoms with Crippen LogP contribution in [0.2, 0.25) is 5.02 Å². The van der Waals surface area contributed by atoms with Crippen molar-refractivity contribution in [3.8, 4) is 5.69 Å². The average Bonchev–Trinajstić information content (AvgIpc) is 3.32. The van der Waals surface area contributed by atoms with Crippen molar-refractivity contribution in [2.75, 3.05) is 16.8 Å². The molecule has 0 spiro atoms. The van der Waals surface area contributed by atoms with E-state index in [1.807, 2.05) is 0 Å². The van der Waals surface area contributed by atoms with Crippen LogP contribution in [-0.4, -0.2) is 33.1 Å². The maximum absolute atomic E-state index is 14.3. The minimum Gasteiger partial charge on any atom is -0.326 e. The second kappa shape index (κ2) is 7.40. The van der Waals surface area contributed by atoms with Gasteiger partial charge in [0.05, 0.1) is 5.92 Å². The minimum absolute atomic E-state index is 0.0812. The number of benzene rings is 2. The van der Waals surface area contributed by atoms with Crippen molar-refractivity contribution in [1.82, 2.24) is 14.8 Å². The zero-order valence-electron chi connectivity index (χ0n) is 14.5. The first-order valence-electron chi connectivity index (χ1n) is 8.52. The molecule has 142 valence electrons. The number of amides is 2. The molecule has 0 aliphatic carbocycles. The number of anilines is 2. The van der Waals surface area contributed by atoms with E-state index < -0.39 is 11.7 Å². The summed E-state index contributed by atoms with van der Waals surface area (Å²) in [5, 5.41) is 7.07. The topological polar surface area (TPSA) is 80.1 Å². The number of nitrogens with one attached hydrogen (secondary N) is 1. The Kier molecular flexibility index (Phi) is 4.79. The molecule has 4 rings (SSSR count). The van der Waals surface area contributed by atoms with Crippen LogP contribution in [0.3, 0.4) is 0 Å². The van der Waals surface area contributed by atoms with Crippen molar-refractivity contribution in [3.05, 3.63) is 66.0 Å². The molecular formula is C19H15ClFN5O2. The molecule has 1 fully saturated rings. The largest absolute Gasteiger partial charge is 0.326 e. The maximum Gasteiger partial charge on any atom is 0.229 e. The fourth-order valence-corrected chi connectivity index (χ4v) is 3.31. The summed E-state index contributed by atoms with van der Waals surface area (Å²) in [6, 6.07) is 11.2. The Morgan fingerprint density at radius 2 is 2.11 bits per heavy atom. The second-order valence-electron chi connectivity index (χ2n) is 6.38. The summed E-state index contributed by atoms with van der Waals surface area (Å²) in [6.45, 7) is 0.241. The van der Waals surface area contributed by atoms with E-state index in [1.165, 1.54) is 34.4 Å². The van der Waals surface area contributed by atoms with Gasteiger partial charge in [0, 0.05) is 29.4 Å². The average molecular weight is 400 g/mol. The molecule has 1 atom stereocenters. The van der Waals surface area contributed by atoms with Crippen molar-refractivity contribution in [2.45, 2.75) is 6.42 Å². The van der Waals surface area contributed by atoms with Crippen molar-refractivity contribution < 1.29 is 14.0 Å². The Bertz CT molecular complexity index is 1040. The highest BCUT2D eigenvalue weighted by Gasteiger charge is 2.35. The summed E-state index contributed by atoms with van der Waals surface area (Å²) in [5.41, 5.74) is 1.18. The van der Waals surface area contributed by atoms with E-state index in [9.17, 15) is 14.0 Å². The maximum atomic E-state index is 14.3. The number of aromatic nitrogens is 3. The normalized spacial score (nSPS) is 16.4. The molecule has 1 N–H and O–H groups in total. The van der Waals surface area contributed by atoms with Gasteiger partial charge in [-0.15, -0.1) is 0 Å². The van der Waals surface area contributed by atoms with Crippen molar-refractivity contribution in [2.24, 2.45) is 5.92 Å². The van der Waals surface area contributed by atoms with Gasteiger partial charge in [-0.1, -0.05) is 17.7 Å². The van der Waals surface area contributed by atoms with Crippen molar-refractivity contribution in [1.29, 1.82) is 0 Å². The summed E-state index contributed by atoms with van der Waals surface area (Å²) in [6.07, 6.45) is 2.76. The van der Waals surface area contributed by atoms with Crippen LogP contribution in [0.4, 0.5) is 15.8 Å². The zero-order valence-corrected chi connectivity index (χ0v) is 15.3. The third-order valence-electron chi connectivity index (χ3n) is 4.50. The predicted octanol–water partition coefficient (Wildman–Crippen LogP) is 3.05. The van der Waals surface area contributed by atoms with Crippen LogP contribution in [0.15, 0.2) is 55.1 Å². The van der Waals surface area contributed by atoms with Crippen LogP contribution >= 0.6 is 11.6 Å². The van der Waals surface area contributed by atoms with Gasteiger partial charge in [0.15, 0.2) is 5.82 Å². The van der Waals surface area contributed by atoms with Gasteiger partial charge in [-0.25, -0.2) is 14.1 Å². The van der Waals surface area contributed by atoms with E-state index in [2.05, 4.69) is 15.4 Å². The van der Waals surface area contributed by atoms with Gasteiger partial charge < -0.3 is 10.2 Å². The van der Waals surface area contributed by atoms with E-state index >= 15 is 0 Å². The molecular weight excluding hydrogens is 385 g/mol. The summed E-state index contributed by atoms with van der Waals surface area (Å²) < 4.78 is 15.6. The highest BCUT2D eigenvalue weighted by Crippen LogP contribution is 2.28. The Hall–Kier alpha value is -3.26. The molecule has 3 aromatic rings. The SMILES string of the molecule is O=C(Nc1ccc(-n2cncn2)c(F)c1)C1CC(=O)N(c2cccc(Cl)c2)C1. The Morgan fingerprint density at radius 1 is 1.25 bits per heavy atom. The highest BCUT2D eigenvalue weighted by molar-refractivity contribution is 6.31. The monoisotopic (exact) mass is 399 g/mol. The standard InChI is InChI=1S/C19H15ClFN5O2/c20-13-2-1-3-15(7-13)25-9-12(6-18(25)27)19(28)24-14-4-5-17(16(21)8-14)26-11-22-10-23-26/h1-5,7-8,10-12H,6,9H2,(H,24,28). The minimum atomic E-state index is -0.550. The van der Waals surface area contributed by atoms with Crippen LogP contribution in [0.25, 0.3) is 5.69 Å². The van der Waals surface area contributed by atoms with Gasteiger partial charge in [0.2, 0.25) is 11.8 Å². The lowest BCUT2D eigenvalue weighted by Crippen LogP contribution is -2.28. The number of hydrogen-bond acceptors (Lipinski definition) is 4. The van der Waals surface area contributed by atoms with Crippen LogP contribution in [0, 0.1) is 11.7 Å². The number of rotatable bonds is 4. The van der Waals surface area contributed by atoms with Crippen molar-refractivity contribution >= 4 is 34.8 Å². The van der Waals surface area contributed by atoms with Gasteiger partial charge in [-0.05, 0) is 36.4 Å². The molecule has 1 aliphatic heterocycles. The molecule has 28 heavy (non-hydrogen) atoms. The van der Waals surface area contributed by atoms with Crippen molar-refractivity contribution in [3.63, 3.8) is 0 Å². The second-order valence-corrected chi connectivity index (χ2v) is 6.82. The Morgan fingerprint density at radius 3 is 2.82 bits per heavy atom. The summed E-state index contributed by atoms with van der Waals surface area (Å²) in [4.78, 5) is 30.2. The van der Waals surface area contributed by atoms with E-state index in [4.69, 9.17) is 11.6 Å². The summed E-state index contributed by atoms with van der Waals surface area (Å²) in [5.74, 6) is -1.59. The van der Waals surface area contributed by atoms with E-state index in [-0.39, 0.29) is 30.5 Å². The predicted molar refractivity (Wildman–Crippen MR) is 102 cm³/mol. The molecule has 0 saturated carbocycles. The lowest BCUT2D eigenvalue weighted by atomic mass is 10.1. The van der Waals surface area contributed by atoms with Gasteiger partial charge in [0.25, 0.3) is 0 Å². The number of halogens is 2. The number of nitrogens with zero attached hydrogens (tertiary/aromatic N) is 4. The summed E-state index contributed by atoms with van der Waals surface area (Å²) in [7, 11) is 0. The van der Waals surface area contributed by atoms with Crippen LogP contribution in [-0.2, 0) is 9.59 Å².